The molecule has 1 aliphatic rings. The number of hydrogen-bond donors (Lipinski definition) is 2. The summed E-state index contributed by atoms with van der Waals surface area (Å²) in [5.74, 6) is -0.717. The summed E-state index contributed by atoms with van der Waals surface area (Å²) in [4.78, 5) is -0.192. The van der Waals surface area contributed by atoms with E-state index in [0.29, 0.717) is 6.54 Å². The van der Waals surface area contributed by atoms with Gasteiger partial charge in [0.05, 0.1) is 5.69 Å². The van der Waals surface area contributed by atoms with Crippen molar-refractivity contribution >= 4 is 27.5 Å². The van der Waals surface area contributed by atoms with Crippen molar-refractivity contribution in [3.8, 4) is 0 Å². The van der Waals surface area contributed by atoms with Crippen molar-refractivity contribution in [2.45, 2.75) is 28.9 Å². The molecule has 1 saturated carbocycles. The summed E-state index contributed by atoms with van der Waals surface area (Å²) in [6.45, 7) is 0.354. The number of nitrogen functional groups attached to an aromatic ring is 1. The fourth-order valence-corrected chi connectivity index (χ4v) is 4.35. The fourth-order valence-electron chi connectivity index (χ4n) is 2.08. The van der Waals surface area contributed by atoms with Gasteiger partial charge in [0.1, 0.15) is 10.7 Å². The van der Waals surface area contributed by atoms with E-state index in [1.807, 2.05) is 6.26 Å². The molecular weight excluding hydrogens is 287 g/mol. The van der Waals surface area contributed by atoms with Gasteiger partial charge in [0.25, 0.3) is 0 Å². The summed E-state index contributed by atoms with van der Waals surface area (Å²) < 4.78 is 40.1. The van der Waals surface area contributed by atoms with E-state index in [-0.39, 0.29) is 15.3 Å². The number of para-hydroxylation sites is 1. The normalized spacial score (nSPS) is 18.0. The second-order valence-electron chi connectivity index (χ2n) is 4.72. The second-order valence-corrected chi connectivity index (χ2v) is 7.73. The first kappa shape index (κ1) is 14.6. The molecule has 2 rings (SSSR count). The first-order valence-electron chi connectivity index (χ1n) is 5.99. The molecule has 106 valence electrons. The highest BCUT2D eigenvalue weighted by Gasteiger charge is 2.37. The largest absolute Gasteiger partial charge is 0.395 e. The van der Waals surface area contributed by atoms with Gasteiger partial charge in [-0.1, -0.05) is 12.5 Å². The number of hydrogen-bond acceptors (Lipinski definition) is 4. The van der Waals surface area contributed by atoms with E-state index >= 15 is 0 Å². The van der Waals surface area contributed by atoms with Crippen LogP contribution in [0.5, 0.6) is 0 Å². The van der Waals surface area contributed by atoms with Gasteiger partial charge in [0.15, 0.2) is 0 Å². The van der Waals surface area contributed by atoms with Crippen LogP contribution >= 0.6 is 11.8 Å². The molecule has 0 saturated heterocycles. The maximum Gasteiger partial charge on any atom is 0.242 e. The third kappa shape index (κ3) is 2.88. The van der Waals surface area contributed by atoms with Gasteiger partial charge in [-0.3, -0.25) is 0 Å². The van der Waals surface area contributed by atoms with Gasteiger partial charge in [-0.2, -0.15) is 11.8 Å². The van der Waals surface area contributed by atoms with Crippen molar-refractivity contribution in [1.29, 1.82) is 0 Å². The molecule has 0 aromatic heterocycles. The smallest absolute Gasteiger partial charge is 0.242 e. The minimum absolute atomic E-state index is 0.0187. The Balaban J connectivity index is 2.16. The molecule has 1 aliphatic carbocycles. The van der Waals surface area contributed by atoms with Gasteiger partial charge in [-0.15, -0.1) is 0 Å². The quantitative estimate of drug-likeness (QED) is 0.816. The Morgan fingerprint density at radius 3 is 2.68 bits per heavy atom. The molecule has 4 nitrogen and oxygen atoms in total. The first-order chi connectivity index (χ1) is 8.90. The molecule has 0 atom stereocenters. The summed E-state index contributed by atoms with van der Waals surface area (Å²) in [5, 5.41) is 0. The maximum absolute atomic E-state index is 13.3. The molecule has 1 fully saturated rings. The lowest BCUT2D eigenvalue weighted by molar-refractivity contribution is 0.362. The number of nitrogens with one attached hydrogen (secondary N) is 1. The zero-order valence-electron chi connectivity index (χ0n) is 10.6. The third-order valence-electron chi connectivity index (χ3n) is 3.58. The molecule has 19 heavy (non-hydrogen) atoms. The Labute approximate surface area is 117 Å². The highest BCUT2D eigenvalue weighted by atomic mass is 32.2. The maximum atomic E-state index is 13.3. The number of thioether (sulfide) groups is 1. The van der Waals surface area contributed by atoms with Crippen LogP contribution in [0.4, 0.5) is 10.1 Å². The van der Waals surface area contributed by atoms with Gasteiger partial charge < -0.3 is 5.73 Å². The number of benzene rings is 1. The summed E-state index contributed by atoms with van der Waals surface area (Å²) in [6, 6.07) is 3.80. The van der Waals surface area contributed by atoms with Crippen LogP contribution in [-0.2, 0) is 10.0 Å². The summed E-state index contributed by atoms with van der Waals surface area (Å²) in [7, 11) is -3.76. The van der Waals surface area contributed by atoms with Gasteiger partial charge in [0.2, 0.25) is 10.0 Å². The number of sulfonamides is 1. The average Bonchev–Trinajstić information content (AvgIpc) is 2.31. The highest BCUT2D eigenvalue weighted by Crippen LogP contribution is 2.42. The number of halogens is 1. The van der Waals surface area contributed by atoms with E-state index in [1.165, 1.54) is 12.1 Å². The van der Waals surface area contributed by atoms with E-state index in [4.69, 9.17) is 5.73 Å². The molecule has 0 aliphatic heterocycles. The van der Waals surface area contributed by atoms with Crippen molar-refractivity contribution in [2.24, 2.45) is 0 Å². The van der Waals surface area contributed by atoms with Crippen LogP contribution in [0.2, 0.25) is 0 Å². The van der Waals surface area contributed by atoms with Gasteiger partial charge in [-0.25, -0.2) is 17.5 Å². The van der Waals surface area contributed by atoms with Crippen LogP contribution < -0.4 is 10.5 Å². The number of anilines is 1. The van der Waals surface area contributed by atoms with Crippen LogP contribution in [0, 0.1) is 5.82 Å². The fraction of sp³-hybridized carbons (Fsp3) is 0.500. The Kier molecular flexibility index (Phi) is 4.08. The van der Waals surface area contributed by atoms with Crippen LogP contribution in [0.15, 0.2) is 23.1 Å². The van der Waals surface area contributed by atoms with Gasteiger partial charge in [0, 0.05) is 11.3 Å². The molecule has 7 heteroatoms. The molecule has 0 amide bonds. The van der Waals surface area contributed by atoms with Crippen molar-refractivity contribution in [1.82, 2.24) is 4.72 Å². The van der Waals surface area contributed by atoms with Gasteiger partial charge in [-0.05, 0) is 31.2 Å². The summed E-state index contributed by atoms with van der Waals surface area (Å²) in [5.41, 5.74) is 5.16. The lowest BCUT2D eigenvalue weighted by Gasteiger charge is -2.40. The van der Waals surface area contributed by atoms with Crippen LogP contribution in [0.25, 0.3) is 0 Å². The van der Waals surface area contributed by atoms with E-state index in [9.17, 15) is 12.8 Å². The number of nitrogens with two attached hydrogens (primary N) is 1. The van der Waals surface area contributed by atoms with E-state index in [2.05, 4.69) is 4.72 Å². The molecule has 0 unspecified atom stereocenters. The zero-order chi connectivity index (χ0) is 14.1. The summed E-state index contributed by atoms with van der Waals surface area (Å²) in [6.07, 6.45) is 5.08. The predicted molar refractivity (Wildman–Crippen MR) is 76.1 cm³/mol. The Morgan fingerprint density at radius 2 is 2.16 bits per heavy atom. The van der Waals surface area contributed by atoms with Gasteiger partial charge >= 0.3 is 0 Å². The summed E-state index contributed by atoms with van der Waals surface area (Å²) >= 11 is 1.67. The van der Waals surface area contributed by atoms with Crippen LogP contribution in [-0.4, -0.2) is 26.0 Å². The molecule has 1 aromatic carbocycles. The SMILES string of the molecule is CSC1(CNS(=O)(=O)c2cccc(F)c2N)CCC1. The minimum Gasteiger partial charge on any atom is -0.395 e. The van der Waals surface area contributed by atoms with Crippen LogP contribution in [0.1, 0.15) is 19.3 Å². The van der Waals surface area contributed by atoms with E-state index in [0.717, 1.165) is 25.3 Å². The Bertz CT molecular complexity index is 566. The van der Waals surface area contributed by atoms with E-state index < -0.39 is 15.8 Å². The Hall–Kier alpha value is -0.790. The second kappa shape index (κ2) is 5.30. The molecule has 0 spiro atoms. The molecular formula is C12H17FN2O2S2. The monoisotopic (exact) mass is 304 g/mol. The van der Waals surface area contributed by atoms with Crippen molar-refractivity contribution in [2.75, 3.05) is 18.5 Å². The molecule has 0 bridgehead atoms. The van der Waals surface area contributed by atoms with Crippen molar-refractivity contribution in [3.05, 3.63) is 24.0 Å². The van der Waals surface area contributed by atoms with E-state index in [1.54, 1.807) is 11.8 Å². The topological polar surface area (TPSA) is 72.2 Å². The molecule has 0 heterocycles. The molecule has 1 aromatic rings. The molecule has 3 N–H and O–H groups in total. The minimum atomic E-state index is -3.76. The highest BCUT2D eigenvalue weighted by molar-refractivity contribution is 8.00. The predicted octanol–water partition coefficient (Wildman–Crippen LogP) is 1.97. The van der Waals surface area contributed by atoms with Crippen LogP contribution in [0.3, 0.4) is 0 Å². The zero-order valence-corrected chi connectivity index (χ0v) is 12.3. The lowest BCUT2D eigenvalue weighted by atomic mass is 9.84. The third-order valence-corrected chi connectivity index (χ3v) is 6.46. The molecule has 0 radical (unpaired) electrons. The lowest BCUT2D eigenvalue weighted by Crippen LogP contribution is -2.45. The number of rotatable bonds is 5. The first-order valence-corrected chi connectivity index (χ1v) is 8.70. The Morgan fingerprint density at radius 1 is 1.47 bits per heavy atom. The standard InChI is InChI=1S/C12H17FN2O2S2/c1-18-12(6-3-7-12)8-15-19(16,17)10-5-2-4-9(13)11(10)14/h2,4-5,15H,3,6-8,14H2,1H3. The van der Waals surface area contributed by atoms with Crippen molar-refractivity contribution < 1.29 is 12.8 Å². The average molecular weight is 304 g/mol. The van der Waals surface area contributed by atoms with Crippen molar-refractivity contribution in [3.63, 3.8) is 0 Å².